The second kappa shape index (κ2) is 8.97. The molecule has 26 heavy (non-hydrogen) atoms. The fraction of sp³-hybridized carbons (Fsp3) is 0.318. The lowest BCUT2D eigenvalue weighted by molar-refractivity contribution is 0.200. The van der Waals surface area contributed by atoms with Gasteiger partial charge in [0.25, 0.3) is 0 Å². The number of thiocarbonyl (C=S) groups is 1. The summed E-state index contributed by atoms with van der Waals surface area (Å²) in [4.78, 5) is 4.74. The zero-order chi connectivity index (χ0) is 18.4. The number of hydrogen-bond donors (Lipinski definition) is 1. The molecule has 1 aliphatic heterocycles. The Hall–Kier alpha value is -2.17. The highest BCUT2D eigenvalue weighted by molar-refractivity contribution is 7.80. The summed E-state index contributed by atoms with van der Waals surface area (Å²) in [5.41, 5.74) is 4.85. The van der Waals surface area contributed by atoms with Gasteiger partial charge in [-0.3, -0.25) is 4.90 Å². The maximum Gasteiger partial charge on any atom is 0.173 e. The molecule has 2 aromatic rings. The molecule has 0 saturated carbocycles. The summed E-state index contributed by atoms with van der Waals surface area (Å²) in [5.74, 6) is 0. The van der Waals surface area contributed by atoms with Gasteiger partial charge in [0, 0.05) is 38.4 Å². The van der Waals surface area contributed by atoms with E-state index in [0.29, 0.717) is 0 Å². The maximum atomic E-state index is 5.61. The summed E-state index contributed by atoms with van der Waals surface area (Å²) in [6.07, 6.45) is 4.44. The molecule has 0 atom stereocenters. The zero-order valence-corrected chi connectivity index (χ0v) is 16.4. The van der Waals surface area contributed by atoms with Crippen molar-refractivity contribution < 1.29 is 0 Å². The largest absolute Gasteiger partial charge is 0.346 e. The van der Waals surface area contributed by atoms with E-state index in [-0.39, 0.29) is 0 Å². The van der Waals surface area contributed by atoms with Crippen molar-refractivity contribution >= 4 is 29.1 Å². The fourth-order valence-corrected chi connectivity index (χ4v) is 3.59. The minimum Gasteiger partial charge on any atom is -0.346 e. The van der Waals surface area contributed by atoms with Crippen molar-refractivity contribution in [3.63, 3.8) is 0 Å². The summed E-state index contributed by atoms with van der Waals surface area (Å²) >= 11 is 5.61. The Morgan fingerprint density at radius 3 is 2.31 bits per heavy atom. The first kappa shape index (κ1) is 18.6. The third-order valence-corrected chi connectivity index (χ3v) is 4.97. The Bertz CT molecular complexity index is 742. The van der Waals surface area contributed by atoms with E-state index in [2.05, 4.69) is 83.6 Å². The second-order valence-corrected chi connectivity index (χ2v) is 7.29. The van der Waals surface area contributed by atoms with Crippen LogP contribution in [0.15, 0.2) is 54.6 Å². The third-order valence-electron chi connectivity index (χ3n) is 4.61. The minimum absolute atomic E-state index is 0.828. The summed E-state index contributed by atoms with van der Waals surface area (Å²) in [7, 11) is 0. The van der Waals surface area contributed by atoms with Crippen molar-refractivity contribution in [3.8, 4) is 0 Å². The van der Waals surface area contributed by atoms with E-state index in [0.717, 1.165) is 43.5 Å². The molecule has 0 aromatic heterocycles. The number of benzene rings is 2. The average Bonchev–Trinajstić information content (AvgIpc) is 2.62. The summed E-state index contributed by atoms with van der Waals surface area (Å²) < 4.78 is 0. The standard InChI is InChI=1S/C22H27N3S/c1-18-15-19(2)17-21(16-18)23-22(26)25-13-11-24(12-14-25)10-6-9-20-7-4-3-5-8-20/h3-9,15-17H,10-14H2,1-2H3,(H,23,26)/b9-6-. The predicted molar refractivity (Wildman–Crippen MR) is 116 cm³/mol. The van der Waals surface area contributed by atoms with Gasteiger partial charge in [-0.25, -0.2) is 0 Å². The molecule has 3 rings (SSSR count). The highest BCUT2D eigenvalue weighted by atomic mass is 32.1. The van der Waals surface area contributed by atoms with Crippen LogP contribution in [0.1, 0.15) is 16.7 Å². The smallest absolute Gasteiger partial charge is 0.173 e. The Morgan fingerprint density at radius 2 is 1.65 bits per heavy atom. The number of nitrogens with zero attached hydrogens (tertiary/aromatic N) is 2. The first-order valence-corrected chi connectivity index (χ1v) is 9.59. The monoisotopic (exact) mass is 365 g/mol. The molecule has 4 heteroatoms. The summed E-state index contributed by atoms with van der Waals surface area (Å²) in [5, 5.41) is 4.23. The van der Waals surface area contributed by atoms with Gasteiger partial charge in [0.15, 0.2) is 5.11 Å². The van der Waals surface area contributed by atoms with Crippen LogP contribution in [0.5, 0.6) is 0 Å². The normalized spacial score (nSPS) is 15.4. The molecule has 136 valence electrons. The van der Waals surface area contributed by atoms with E-state index in [1.54, 1.807) is 0 Å². The van der Waals surface area contributed by atoms with E-state index >= 15 is 0 Å². The van der Waals surface area contributed by atoms with Gasteiger partial charge in [0.2, 0.25) is 0 Å². The van der Waals surface area contributed by atoms with E-state index in [4.69, 9.17) is 12.2 Å². The summed E-state index contributed by atoms with van der Waals surface area (Å²) in [6, 6.07) is 16.9. The Kier molecular flexibility index (Phi) is 6.42. The number of aryl methyl sites for hydroxylation is 2. The number of anilines is 1. The van der Waals surface area contributed by atoms with Gasteiger partial charge in [0.1, 0.15) is 0 Å². The van der Waals surface area contributed by atoms with Crippen LogP contribution < -0.4 is 5.32 Å². The number of hydrogen-bond acceptors (Lipinski definition) is 2. The van der Waals surface area contributed by atoms with Gasteiger partial charge in [0.05, 0.1) is 0 Å². The first-order valence-electron chi connectivity index (χ1n) is 9.18. The van der Waals surface area contributed by atoms with Gasteiger partial charge in [-0.2, -0.15) is 0 Å². The zero-order valence-electron chi connectivity index (χ0n) is 15.6. The molecule has 0 aliphatic carbocycles. The molecule has 3 nitrogen and oxygen atoms in total. The molecule has 1 heterocycles. The van der Waals surface area contributed by atoms with Crippen molar-refractivity contribution in [2.24, 2.45) is 0 Å². The van der Waals surface area contributed by atoms with Crippen LogP contribution in [0, 0.1) is 13.8 Å². The van der Waals surface area contributed by atoms with E-state index in [1.165, 1.54) is 16.7 Å². The van der Waals surface area contributed by atoms with Crippen molar-refractivity contribution in [2.75, 3.05) is 38.0 Å². The Morgan fingerprint density at radius 1 is 1.00 bits per heavy atom. The lowest BCUT2D eigenvalue weighted by Gasteiger charge is -2.35. The van der Waals surface area contributed by atoms with Crippen molar-refractivity contribution in [2.45, 2.75) is 13.8 Å². The molecule has 0 bridgehead atoms. The molecule has 0 radical (unpaired) electrons. The number of rotatable bonds is 4. The molecule has 0 unspecified atom stereocenters. The Labute approximate surface area is 162 Å². The van der Waals surface area contributed by atoms with E-state index in [9.17, 15) is 0 Å². The highest BCUT2D eigenvalue weighted by Crippen LogP contribution is 2.15. The van der Waals surface area contributed by atoms with Crippen molar-refractivity contribution in [1.29, 1.82) is 0 Å². The minimum atomic E-state index is 0.828. The van der Waals surface area contributed by atoms with Crippen LogP contribution in [0.2, 0.25) is 0 Å². The van der Waals surface area contributed by atoms with Crippen molar-refractivity contribution in [1.82, 2.24) is 9.80 Å². The first-order chi connectivity index (χ1) is 12.6. The van der Waals surface area contributed by atoms with Crippen LogP contribution in [0.3, 0.4) is 0 Å². The molecule has 1 aliphatic rings. The van der Waals surface area contributed by atoms with Gasteiger partial charge in [-0.15, -0.1) is 0 Å². The van der Waals surface area contributed by atoms with Gasteiger partial charge in [-0.05, 0) is 54.9 Å². The molecule has 2 aromatic carbocycles. The number of piperazine rings is 1. The Balaban J connectivity index is 1.45. The molecular formula is C22H27N3S. The second-order valence-electron chi connectivity index (χ2n) is 6.91. The average molecular weight is 366 g/mol. The molecule has 1 fully saturated rings. The van der Waals surface area contributed by atoms with Gasteiger partial charge in [-0.1, -0.05) is 48.6 Å². The highest BCUT2D eigenvalue weighted by Gasteiger charge is 2.18. The molecular weight excluding hydrogens is 338 g/mol. The van der Waals surface area contributed by atoms with Crippen LogP contribution in [0.4, 0.5) is 5.69 Å². The lowest BCUT2D eigenvalue weighted by atomic mass is 10.1. The van der Waals surface area contributed by atoms with Crippen LogP contribution in [-0.4, -0.2) is 47.6 Å². The lowest BCUT2D eigenvalue weighted by Crippen LogP contribution is -2.49. The van der Waals surface area contributed by atoms with Crippen LogP contribution >= 0.6 is 12.2 Å². The van der Waals surface area contributed by atoms with Crippen LogP contribution in [0.25, 0.3) is 6.08 Å². The fourth-order valence-electron chi connectivity index (χ4n) is 3.28. The summed E-state index contributed by atoms with van der Waals surface area (Å²) in [6.45, 7) is 9.22. The number of nitrogens with one attached hydrogen (secondary N) is 1. The molecule has 0 amide bonds. The topological polar surface area (TPSA) is 18.5 Å². The van der Waals surface area contributed by atoms with Gasteiger partial charge >= 0.3 is 0 Å². The molecule has 0 spiro atoms. The molecule has 1 N–H and O–H groups in total. The van der Waals surface area contributed by atoms with Crippen molar-refractivity contribution in [3.05, 3.63) is 71.3 Å². The SMILES string of the molecule is Cc1cc(C)cc(NC(=S)N2CCN(C/C=C\c3ccccc3)CC2)c1. The van der Waals surface area contributed by atoms with Crippen LogP contribution in [-0.2, 0) is 0 Å². The molecule has 1 saturated heterocycles. The predicted octanol–water partition coefficient (Wildman–Crippen LogP) is 4.33. The van der Waals surface area contributed by atoms with E-state index < -0.39 is 0 Å². The quantitative estimate of drug-likeness (QED) is 0.813. The van der Waals surface area contributed by atoms with Gasteiger partial charge < -0.3 is 10.2 Å². The third kappa shape index (κ3) is 5.41. The maximum absolute atomic E-state index is 5.61. The van der Waals surface area contributed by atoms with E-state index in [1.807, 2.05) is 6.07 Å².